The first-order valence-corrected chi connectivity index (χ1v) is 11.5. The number of rotatable bonds is 5. The van der Waals surface area contributed by atoms with Gasteiger partial charge in [0, 0.05) is 37.0 Å². The third kappa shape index (κ3) is 3.56. The van der Waals surface area contributed by atoms with Crippen LogP contribution in [0.2, 0.25) is 0 Å². The molecule has 7 rings (SSSR count). The highest BCUT2D eigenvalue weighted by Crippen LogP contribution is 2.43. The second-order valence-electron chi connectivity index (χ2n) is 9.62. The van der Waals surface area contributed by atoms with Gasteiger partial charge in [0.1, 0.15) is 5.82 Å². The number of hydrogen-bond acceptors (Lipinski definition) is 8. The Labute approximate surface area is 182 Å². The number of hydrogen-bond donors (Lipinski definition) is 1. The van der Waals surface area contributed by atoms with E-state index in [2.05, 4.69) is 34.7 Å². The Morgan fingerprint density at radius 2 is 1.94 bits per heavy atom. The van der Waals surface area contributed by atoms with Gasteiger partial charge in [-0.3, -0.25) is 0 Å². The minimum Gasteiger partial charge on any atom is -0.487 e. The summed E-state index contributed by atoms with van der Waals surface area (Å²) in [6.07, 6.45) is 6.91. The minimum atomic E-state index is 0.175. The van der Waals surface area contributed by atoms with Crippen LogP contribution in [0.15, 0.2) is 18.3 Å². The summed E-state index contributed by atoms with van der Waals surface area (Å²) in [6, 6.07) is 4.89. The molecule has 5 aliphatic rings. The Balaban J connectivity index is 1.40. The SMILES string of the molecule is C[C@H]1CN(c2cc(-c3cnc(N)c(OC4CC4)c3)nc(N3CC4CC3C4)n2)[C@@H](C)CO1. The molecule has 3 saturated heterocycles. The molecule has 5 fully saturated rings. The molecule has 8 heteroatoms. The zero-order valence-corrected chi connectivity index (χ0v) is 18.2. The first-order valence-electron chi connectivity index (χ1n) is 11.5. The first-order chi connectivity index (χ1) is 15.0. The van der Waals surface area contributed by atoms with Gasteiger partial charge in [-0.25, -0.2) is 9.97 Å². The summed E-state index contributed by atoms with van der Waals surface area (Å²) in [7, 11) is 0. The van der Waals surface area contributed by atoms with Crippen molar-refractivity contribution in [2.45, 2.75) is 63.8 Å². The highest BCUT2D eigenvalue weighted by molar-refractivity contribution is 5.68. The van der Waals surface area contributed by atoms with E-state index in [0.29, 0.717) is 24.2 Å². The van der Waals surface area contributed by atoms with Crippen LogP contribution in [0.5, 0.6) is 5.75 Å². The van der Waals surface area contributed by atoms with Crippen LogP contribution in [0.1, 0.15) is 39.5 Å². The lowest BCUT2D eigenvalue weighted by Gasteiger charge is -2.38. The maximum Gasteiger partial charge on any atom is 0.228 e. The second-order valence-corrected chi connectivity index (χ2v) is 9.62. The first kappa shape index (κ1) is 19.1. The van der Waals surface area contributed by atoms with Crippen LogP contribution in [-0.2, 0) is 4.74 Å². The summed E-state index contributed by atoms with van der Waals surface area (Å²) in [6.45, 7) is 6.87. The van der Waals surface area contributed by atoms with E-state index in [9.17, 15) is 0 Å². The largest absolute Gasteiger partial charge is 0.487 e. The molecule has 2 aromatic heterocycles. The van der Waals surface area contributed by atoms with Gasteiger partial charge >= 0.3 is 0 Å². The number of nitrogens with two attached hydrogens (primary N) is 1. The monoisotopic (exact) mass is 422 g/mol. The lowest BCUT2D eigenvalue weighted by atomic mass is 9.86. The van der Waals surface area contributed by atoms with E-state index in [0.717, 1.165) is 54.9 Å². The van der Waals surface area contributed by atoms with Crippen molar-refractivity contribution in [2.24, 2.45) is 5.92 Å². The Bertz CT molecular complexity index is 990. The van der Waals surface area contributed by atoms with Crippen molar-refractivity contribution in [3.8, 4) is 17.0 Å². The summed E-state index contributed by atoms with van der Waals surface area (Å²) >= 11 is 0. The average molecular weight is 423 g/mol. The van der Waals surface area contributed by atoms with Crippen molar-refractivity contribution < 1.29 is 9.47 Å². The van der Waals surface area contributed by atoms with Gasteiger partial charge in [0.25, 0.3) is 0 Å². The third-order valence-electron chi connectivity index (χ3n) is 6.96. The van der Waals surface area contributed by atoms with Gasteiger partial charge in [0.2, 0.25) is 5.95 Å². The van der Waals surface area contributed by atoms with E-state index < -0.39 is 0 Å². The Morgan fingerprint density at radius 1 is 1.10 bits per heavy atom. The predicted octanol–water partition coefficient (Wildman–Crippen LogP) is 2.87. The number of pyridine rings is 1. The van der Waals surface area contributed by atoms with E-state index in [1.165, 1.54) is 12.8 Å². The molecule has 31 heavy (non-hydrogen) atoms. The molecule has 8 nitrogen and oxygen atoms in total. The standard InChI is InChI=1S/C23H30N6O2/c1-13-12-30-14(2)10-28(13)21-8-19(26-23(27-21)29-11-15-5-17(29)6-15)16-7-20(22(24)25-9-16)31-18-3-4-18/h7-9,13-15,17-18H,3-6,10-12H2,1-2H3,(H2,24,25)/t13-,14-,15?,17?/m0/s1. The Hall–Kier alpha value is -2.61. The van der Waals surface area contributed by atoms with Crippen molar-refractivity contribution in [1.29, 1.82) is 0 Å². The maximum absolute atomic E-state index is 6.08. The summed E-state index contributed by atoms with van der Waals surface area (Å²) in [5, 5.41) is 0. The third-order valence-corrected chi connectivity index (χ3v) is 6.96. The molecular formula is C23H30N6O2. The summed E-state index contributed by atoms with van der Waals surface area (Å²) in [5.41, 5.74) is 7.85. The number of ether oxygens (including phenoxy) is 2. The number of nitrogens with zero attached hydrogens (tertiary/aromatic N) is 5. The van der Waals surface area contributed by atoms with Gasteiger partial charge in [0.05, 0.1) is 30.6 Å². The molecule has 2 N–H and O–H groups in total. The quantitative estimate of drug-likeness (QED) is 0.787. The van der Waals surface area contributed by atoms with E-state index >= 15 is 0 Å². The number of morpholine rings is 1. The fourth-order valence-corrected chi connectivity index (χ4v) is 4.90. The summed E-state index contributed by atoms with van der Waals surface area (Å²) in [5.74, 6) is 3.65. The maximum atomic E-state index is 6.08. The molecule has 3 aliphatic heterocycles. The zero-order valence-electron chi connectivity index (χ0n) is 18.2. The van der Waals surface area contributed by atoms with Gasteiger partial charge in [-0.1, -0.05) is 0 Å². The fraction of sp³-hybridized carbons (Fsp3) is 0.609. The van der Waals surface area contributed by atoms with E-state index in [-0.39, 0.29) is 18.2 Å². The summed E-state index contributed by atoms with van der Waals surface area (Å²) < 4.78 is 11.8. The average Bonchev–Trinajstić information content (AvgIpc) is 3.31. The van der Waals surface area contributed by atoms with Crippen LogP contribution < -0.4 is 20.3 Å². The molecule has 2 saturated carbocycles. The van der Waals surface area contributed by atoms with Crippen LogP contribution >= 0.6 is 0 Å². The number of fused-ring (bicyclic) bond motifs is 1. The summed E-state index contributed by atoms with van der Waals surface area (Å²) in [4.78, 5) is 19.2. The molecule has 0 radical (unpaired) electrons. The van der Waals surface area contributed by atoms with Crippen molar-refractivity contribution in [1.82, 2.24) is 15.0 Å². The molecule has 164 valence electrons. The fourth-order valence-electron chi connectivity index (χ4n) is 4.90. The van der Waals surface area contributed by atoms with Crippen LogP contribution in [0.25, 0.3) is 11.3 Å². The van der Waals surface area contributed by atoms with Crippen LogP contribution in [0, 0.1) is 5.92 Å². The molecule has 2 aliphatic carbocycles. The van der Waals surface area contributed by atoms with Gasteiger partial charge in [-0.05, 0) is 51.5 Å². The van der Waals surface area contributed by atoms with Crippen LogP contribution in [-0.4, -0.2) is 58.9 Å². The molecule has 0 unspecified atom stereocenters. The van der Waals surface area contributed by atoms with Crippen molar-refractivity contribution in [3.05, 3.63) is 18.3 Å². The molecule has 2 bridgehead atoms. The molecular weight excluding hydrogens is 392 g/mol. The van der Waals surface area contributed by atoms with Gasteiger partial charge in [-0.15, -0.1) is 0 Å². The van der Waals surface area contributed by atoms with Crippen molar-refractivity contribution in [2.75, 3.05) is 35.2 Å². The molecule has 0 aromatic carbocycles. The Morgan fingerprint density at radius 3 is 2.68 bits per heavy atom. The molecule has 0 amide bonds. The van der Waals surface area contributed by atoms with E-state index in [1.807, 2.05) is 6.07 Å². The molecule has 0 spiro atoms. The molecule has 2 aromatic rings. The van der Waals surface area contributed by atoms with E-state index in [1.54, 1.807) is 6.20 Å². The van der Waals surface area contributed by atoms with Crippen molar-refractivity contribution >= 4 is 17.6 Å². The van der Waals surface area contributed by atoms with Gasteiger partial charge < -0.3 is 25.0 Å². The Kier molecular flexibility index (Phi) is 4.45. The highest BCUT2D eigenvalue weighted by Gasteiger charge is 2.44. The predicted molar refractivity (Wildman–Crippen MR) is 119 cm³/mol. The zero-order chi connectivity index (χ0) is 21.1. The van der Waals surface area contributed by atoms with Gasteiger partial charge in [0.15, 0.2) is 11.6 Å². The number of aromatic nitrogens is 3. The van der Waals surface area contributed by atoms with Crippen molar-refractivity contribution in [3.63, 3.8) is 0 Å². The lowest BCUT2D eigenvalue weighted by molar-refractivity contribution is 0.0340. The van der Waals surface area contributed by atoms with E-state index in [4.69, 9.17) is 25.2 Å². The number of anilines is 3. The van der Waals surface area contributed by atoms with Gasteiger partial charge in [-0.2, -0.15) is 4.98 Å². The molecule has 2 atom stereocenters. The second kappa shape index (κ2) is 7.22. The number of nitrogen functional groups attached to an aromatic ring is 1. The highest BCUT2D eigenvalue weighted by atomic mass is 16.5. The normalized spacial score (nSPS) is 29.7. The smallest absolute Gasteiger partial charge is 0.228 e. The lowest BCUT2D eigenvalue weighted by Crippen LogP contribution is -2.48. The van der Waals surface area contributed by atoms with Crippen LogP contribution in [0.3, 0.4) is 0 Å². The van der Waals surface area contributed by atoms with Crippen LogP contribution in [0.4, 0.5) is 17.6 Å². The molecule has 5 heterocycles. The topological polar surface area (TPSA) is 89.6 Å². The minimum absolute atomic E-state index is 0.175.